The van der Waals surface area contributed by atoms with Crippen LogP contribution in [0.1, 0.15) is 10.5 Å². The van der Waals surface area contributed by atoms with Gasteiger partial charge in [-0.3, -0.25) is 19.7 Å². The van der Waals surface area contributed by atoms with Crippen molar-refractivity contribution in [3.63, 3.8) is 0 Å². The lowest BCUT2D eigenvalue weighted by atomic mass is 10.3. The number of rotatable bonds is 5. The Balaban J connectivity index is 2.15. The average molecular weight is 370 g/mol. The molecule has 2 rings (SSSR count). The first-order valence-electron chi connectivity index (χ1n) is 7.09. The van der Waals surface area contributed by atoms with Crippen molar-refractivity contribution in [2.24, 2.45) is 0 Å². The van der Waals surface area contributed by atoms with Gasteiger partial charge in [0.1, 0.15) is 5.69 Å². The normalized spacial score (nSPS) is 12.1. The Morgan fingerprint density at radius 1 is 1.04 bits per heavy atom. The van der Waals surface area contributed by atoms with Crippen LogP contribution in [0.3, 0.4) is 0 Å². The van der Waals surface area contributed by atoms with E-state index in [1.807, 2.05) is 5.43 Å². The van der Waals surface area contributed by atoms with Crippen molar-refractivity contribution in [3.8, 4) is 0 Å². The van der Waals surface area contributed by atoms with Crippen LogP contribution in [0, 0.1) is 0 Å². The molecule has 0 aliphatic rings. The second-order valence-electron chi connectivity index (χ2n) is 4.98. The first-order valence-corrected chi connectivity index (χ1v) is 7.09. The summed E-state index contributed by atoms with van der Waals surface area (Å²) in [5.74, 6) is -2.37. The number of carbonyl (C=O) groups excluding carboxylic acids is 2. The van der Waals surface area contributed by atoms with Gasteiger partial charge < -0.3 is 15.7 Å². The molecule has 0 saturated carbocycles. The van der Waals surface area contributed by atoms with Gasteiger partial charge in [0.25, 0.3) is 11.8 Å². The van der Waals surface area contributed by atoms with Crippen LogP contribution >= 0.6 is 0 Å². The average Bonchev–Trinajstić information content (AvgIpc) is 3.00. The molecule has 8 nitrogen and oxygen atoms in total. The molecule has 1 aromatic heterocycles. The molecule has 0 spiro atoms. The van der Waals surface area contributed by atoms with E-state index in [0.717, 1.165) is 16.2 Å². The largest absolute Gasteiger partial charge is 0.465 e. The molecule has 3 amide bonds. The van der Waals surface area contributed by atoms with Crippen molar-refractivity contribution in [2.75, 3.05) is 10.7 Å². The lowest BCUT2D eigenvalue weighted by Gasteiger charge is -2.20. The van der Waals surface area contributed by atoms with E-state index in [1.165, 1.54) is 12.1 Å². The van der Waals surface area contributed by atoms with Crippen LogP contribution in [0.25, 0.3) is 0 Å². The minimum atomic E-state index is -5.15. The summed E-state index contributed by atoms with van der Waals surface area (Å²) in [7, 11) is 0. The number of alkyl halides is 3. The van der Waals surface area contributed by atoms with Gasteiger partial charge >= 0.3 is 12.3 Å². The van der Waals surface area contributed by atoms with Crippen molar-refractivity contribution in [1.29, 1.82) is 0 Å². The van der Waals surface area contributed by atoms with E-state index in [9.17, 15) is 27.6 Å². The van der Waals surface area contributed by atoms with E-state index in [4.69, 9.17) is 5.11 Å². The highest BCUT2D eigenvalue weighted by atomic mass is 19.4. The van der Waals surface area contributed by atoms with E-state index >= 15 is 0 Å². The molecule has 4 N–H and O–H groups in total. The van der Waals surface area contributed by atoms with Crippen LogP contribution in [0.15, 0.2) is 48.7 Å². The maximum Gasteiger partial charge on any atom is 0.417 e. The minimum Gasteiger partial charge on any atom is -0.465 e. The SMILES string of the molecule is O=C(O)NC(C(=O)Nn1cccc1C(=O)Nc1ccccc1)C(F)(F)F. The summed E-state index contributed by atoms with van der Waals surface area (Å²) in [6.45, 7) is 0. The maximum absolute atomic E-state index is 12.8. The van der Waals surface area contributed by atoms with Gasteiger partial charge in [0.2, 0.25) is 6.04 Å². The van der Waals surface area contributed by atoms with Crippen molar-refractivity contribution in [2.45, 2.75) is 12.2 Å². The summed E-state index contributed by atoms with van der Waals surface area (Å²) in [6.07, 6.45) is -6.02. The summed E-state index contributed by atoms with van der Waals surface area (Å²) >= 11 is 0. The van der Waals surface area contributed by atoms with Crippen molar-refractivity contribution in [3.05, 3.63) is 54.4 Å². The molecule has 1 unspecified atom stereocenters. The Bertz CT molecular complexity index is 805. The fourth-order valence-corrected chi connectivity index (χ4v) is 1.98. The number of amides is 3. The second kappa shape index (κ2) is 7.59. The Morgan fingerprint density at radius 2 is 1.69 bits per heavy atom. The second-order valence-corrected chi connectivity index (χ2v) is 4.98. The predicted molar refractivity (Wildman–Crippen MR) is 84.2 cm³/mol. The minimum absolute atomic E-state index is 0.154. The van der Waals surface area contributed by atoms with E-state index in [1.54, 1.807) is 30.3 Å². The molecule has 1 heterocycles. The number of anilines is 1. The zero-order valence-corrected chi connectivity index (χ0v) is 12.9. The third-order valence-electron chi connectivity index (χ3n) is 3.10. The number of hydrogen-bond acceptors (Lipinski definition) is 3. The van der Waals surface area contributed by atoms with Crippen molar-refractivity contribution < 1.29 is 32.7 Å². The first-order chi connectivity index (χ1) is 12.2. The highest BCUT2D eigenvalue weighted by Gasteiger charge is 2.46. The Labute approximate surface area is 144 Å². The molecule has 26 heavy (non-hydrogen) atoms. The highest BCUT2D eigenvalue weighted by Crippen LogP contribution is 2.20. The van der Waals surface area contributed by atoms with E-state index in [0.29, 0.717) is 5.69 Å². The first kappa shape index (κ1) is 18.8. The number of benzene rings is 1. The van der Waals surface area contributed by atoms with Gasteiger partial charge in [0.15, 0.2) is 0 Å². The molecule has 1 atom stereocenters. The predicted octanol–water partition coefficient (Wildman–Crippen LogP) is 2.01. The van der Waals surface area contributed by atoms with Gasteiger partial charge in [-0.05, 0) is 24.3 Å². The fourth-order valence-electron chi connectivity index (χ4n) is 1.98. The Kier molecular flexibility index (Phi) is 5.50. The third-order valence-corrected chi connectivity index (χ3v) is 3.10. The van der Waals surface area contributed by atoms with Crippen LogP contribution in [-0.2, 0) is 4.79 Å². The van der Waals surface area contributed by atoms with Gasteiger partial charge in [-0.25, -0.2) is 4.79 Å². The third kappa shape index (κ3) is 4.75. The molecule has 0 bridgehead atoms. The number of aromatic nitrogens is 1. The number of halogens is 3. The number of nitrogens with one attached hydrogen (secondary N) is 3. The Morgan fingerprint density at radius 3 is 2.27 bits per heavy atom. The van der Waals surface area contributed by atoms with Gasteiger partial charge in [-0.15, -0.1) is 0 Å². The zero-order chi connectivity index (χ0) is 19.3. The number of para-hydroxylation sites is 1. The monoisotopic (exact) mass is 370 g/mol. The topological polar surface area (TPSA) is 112 Å². The van der Waals surface area contributed by atoms with E-state index in [-0.39, 0.29) is 5.69 Å². The summed E-state index contributed by atoms with van der Waals surface area (Å²) in [6, 6.07) is 7.86. The standard InChI is InChI=1S/C15H13F3N4O4/c16-15(17,18)11(20-14(25)26)13(24)21-22-8-4-7-10(22)12(23)19-9-5-2-1-3-6-9/h1-8,11,20H,(H,19,23)(H,21,24)(H,25,26). The summed E-state index contributed by atoms with van der Waals surface area (Å²) < 4.78 is 39.3. The summed E-state index contributed by atoms with van der Waals surface area (Å²) in [5.41, 5.74) is 2.13. The van der Waals surface area contributed by atoms with Crippen molar-refractivity contribution >= 4 is 23.6 Å². The van der Waals surface area contributed by atoms with E-state index < -0.39 is 30.1 Å². The van der Waals surface area contributed by atoms with Crippen LogP contribution in [0.5, 0.6) is 0 Å². The number of nitrogens with zero attached hydrogens (tertiary/aromatic N) is 1. The molecule has 2 aromatic rings. The van der Waals surface area contributed by atoms with Crippen molar-refractivity contribution in [1.82, 2.24) is 9.99 Å². The van der Waals surface area contributed by atoms with Gasteiger partial charge in [-0.1, -0.05) is 18.2 Å². The van der Waals surface area contributed by atoms with Crippen LogP contribution in [0.4, 0.5) is 23.7 Å². The number of carboxylic acid groups (broad SMARTS) is 1. The van der Waals surface area contributed by atoms with Gasteiger partial charge in [0, 0.05) is 11.9 Å². The van der Waals surface area contributed by atoms with Crippen LogP contribution in [0.2, 0.25) is 0 Å². The fraction of sp³-hybridized carbons (Fsp3) is 0.133. The molecule has 0 aliphatic carbocycles. The van der Waals surface area contributed by atoms with Crippen LogP contribution in [-0.4, -0.2) is 39.9 Å². The van der Waals surface area contributed by atoms with Gasteiger partial charge in [-0.2, -0.15) is 13.2 Å². The molecule has 1 aromatic carbocycles. The lowest BCUT2D eigenvalue weighted by molar-refractivity contribution is -0.164. The molecule has 138 valence electrons. The number of carbonyl (C=O) groups is 3. The summed E-state index contributed by atoms with van der Waals surface area (Å²) in [5, 5.41) is 12.1. The molecule has 0 radical (unpaired) electrons. The molecule has 0 fully saturated rings. The smallest absolute Gasteiger partial charge is 0.417 e. The van der Waals surface area contributed by atoms with E-state index in [2.05, 4.69) is 5.32 Å². The zero-order valence-electron chi connectivity index (χ0n) is 12.9. The number of hydrogen-bond donors (Lipinski definition) is 4. The molecule has 11 heteroatoms. The Hall–Kier alpha value is -3.50. The molecule has 0 aliphatic heterocycles. The van der Waals surface area contributed by atoms with Crippen LogP contribution < -0.4 is 16.1 Å². The molecular weight excluding hydrogens is 357 g/mol. The summed E-state index contributed by atoms with van der Waals surface area (Å²) in [4.78, 5) is 34.5. The molecule has 0 saturated heterocycles. The maximum atomic E-state index is 12.8. The lowest BCUT2D eigenvalue weighted by Crippen LogP contribution is -2.54. The molecular formula is C15H13F3N4O4. The quantitative estimate of drug-likeness (QED) is 0.645. The highest BCUT2D eigenvalue weighted by molar-refractivity contribution is 6.04. The van der Waals surface area contributed by atoms with Gasteiger partial charge in [0.05, 0.1) is 0 Å².